The summed E-state index contributed by atoms with van der Waals surface area (Å²) >= 11 is 6.27. The van der Waals surface area contributed by atoms with Gasteiger partial charge in [0.25, 0.3) is 11.8 Å². The molecule has 3 rings (SSSR count). The summed E-state index contributed by atoms with van der Waals surface area (Å²) in [5.74, 6) is 0.0953. The molecule has 0 aromatic heterocycles. The van der Waals surface area contributed by atoms with Crippen molar-refractivity contribution in [3.63, 3.8) is 0 Å². The molecule has 3 aromatic rings. The summed E-state index contributed by atoms with van der Waals surface area (Å²) in [4.78, 5) is 24.7. The summed E-state index contributed by atoms with van der Waals surface area (Å²) in [6.07, 6.45) is 0. The predicted octanol–water partition coefficient (Wildman–Crippen LogP) is 5.24. The monoisotopic (exact) mass is 394 g/mol. The van der Waals surface area contributed by atoms with Gasteiger partial charge in [-0.05, 0) is 55.5 Å². The predicted molar refractivity (Wildman–Crippen MR) is 111 cm³/mol. The van der Waals surface area contributed by atoms with Gasteiger partial charge < -0.3 is 15.4 Å². The van der Waals surface area contributed by atoms with Gasteiger partial charge in [0, 0.05) is 16.8 Å². The Morgan fingerprint density at radius 2 is 1.57 bits per heavy atom. The number of hydrogen-bond donors (Lipinski definition) is 2. The normalized spacial score (nSPS) is 10.2. The van der Waals surface area contributed by atoms with Crippen molar-refractivity contribution >= 4 is 34.8 Å². The van der Waals surface area contributed by atoms with Crippen molar-refractivity contribution < 1.29 is 14.3 Å². The van der Waals surface area contributed by atoms with Crippen LogP contribution in [0.15, 0.2) is 72.8 Å². The van der Waals surface area contributed by atoms with E-state index in [9.17, 15) is 9.59 Å². The van der Waals surface area contributed by atoms with Crippen LogP contribution in [0.25, 0.3) is 0 Å². The lowest BCUT2D eigenvalue weighted by molar-refractivity contribution is 0.101. The summed E-state index contributed by atoms with van der Waals surface area (Å²) in [5, 5.41) is 5.87. The minimum atomic E-state index is -0.279. The molecule has 5 nitrogen and oxygen atoms in total. The maximum atomic E-state index is 12.5. The maximum absolute atomic E-state index is 12.5. The zero-order valence-corrected chi connectivity index (χ0v) is 16.0. The first-order valence-electron chi connectivity index (χ1n) is 8.77. The number of amides is 2. The highest BCUT2D eigenvalue weighted by Crippen LogP contribution is 2.26. The number of rotatable bonds is 6. The van der Waals surface area contributed by atoms with Crippen molar-refractivity contribution in [3.8, 4) is 5.75 Å². The molecule has 0 fully saturated rings. The average molecular weight is 395 g/mol. The summed E-state index contributed by atoms with van der Waals surface area (Å²) in [5.41, 5.74) is 2.00. The van der Waals surface area contributed by atoms with E-state index >= 15 is 0 Å². The van der Waals surface area contributed by atoms with Crippen molar-refractivity contribution in [3.05, 3.63) is 88.9 Å². The van der Waals surface area contributed by atoms with Crippen LogP contribution in [0.4, 0.5) is 11.4 Å². The Morgan fingerprint density at radius 3 is 2.29 bits per heavy atom. The maximum Gasteiger partial charge on any atom is 0.255 e. The van der Waals surface area contributed by atoms with Crippen LogP contribution in [-0.2, 0) is 0 Å². The van der Waals surface area contributed by atoms with E-state index in [-0.39, 0.29) is 11.8 Å². The molecule has 0 heterocycles. The standard InChI is InChI=1S/C22H19ClN2O3/c1-2-28-18-10-6-9-16(13-18)22(27)24-17-11-12-20(19(23)14-17)25-21(26)15-7-4-3-5-8-15/h3-14H,2H2,1H3,(H,24,27)(H,25,26). The molecule has 0 atom stereocenters. The molecule has 0 saturated heterocycles. The zero-order valence-electron chi connectivity index (χ0n) is 15.2. The third-order valence-corrected chi connectivity index (χ3v) is 4.23. The SMILES string of the molecule is CCOc1cccc(C(=O)Nc2ccc(NC(=O)c3ccccc3)c(Cl)c2)c1. The Balaban J connectivity index is 1.69. The molecule has 6 heteroatoms. The minimum Gasteiger partial charge on any atom is -0.494 e. The number of anilines is 2. The Morgan fingerprint density at radius 1 is 0.857 bits per heavy atom. The average Bonchev–Trinajstić information content (AvgIpc) is 2.71. The van der Waals surface area contributed by atoms with Gasteiger partial charge in [-0.3, -0.25) is 9.59 Å². The molecule has 2 amide bonds. The van der Waals surface area contributed by atoms with Gasteiger partial charge in [0.1, 0.15) is 5.75 Å². The number of carbonyl (C=O) groups excluding carboxylic acids is 2. The van der Waals surface area contributed by atoms with Crippen LogP contribution in [0.5, 0.6) is 5.75 Å². The number of hydrogen-bond acceptors (Lipinski definition) is 3. The van der Waals surface area contributed by atoms with E-state index < -0.39 is 0 Å². The van der Waals surface area contributed by atoms with Crippen LogP contribution in [0.2, 0.25) is 5.02 Å². The van der Waals surface area contributed by atoms with Crippen molar-refractivity contribution in [2.75, 3.05) is 17.2 Å². The van der Waals surface area contributed by atoms with Gasteiger partial charge in [-0.1, -0.05) is 35.9 Å². The molecule has 28 heavy (non-hydrogen) atoms. The van der Waals surface area contributed by atoms with Gasteiger partial charge in [-0.15, -0.1) is 0 Å². The quantitative estimate of drug-likeness (QED) is 0.600. The highest BCUT2D eigenvalue weighted by Gasteiger charge is 2.11. The first kappa shape index (κ1) is 19.5. The lowest BCUT2D eigenvalue weighted by Gasteiger charge is -2.11. The number of carbonyl (C=O) groups is 2. The largest absolute Gasteiger partial charge is 0.494 e. The van der Waals surface area contributed by atoms with Crippen molar-refractivity contribution in [1.29, 1.82) is 0 Å². The molecule has 0 aliphatic carbocycles. The van der Waals surface area contributed by atoms with E-state index in [4.69, 9.17) is 16.3 Å². The first-order valence-corrected chi connectivity index (χ1v) is 9.15. The van der Waals surface area contributed by atoms with Gasteiger partial charge in [0.05, 0.1) is 17.3 Å². The van der Waals surface area contributed by atoms with Gasteiger partial charge in [0.15, 0.2) is 0 Å². The van der Waals surface area contributed by atoms with E-state index in [0.29, 0.717) is 39.9 Å². The second-order valence-electron chi connectivity index (χ2n) is 5.93. The molecule has 0 spiro atoms. The topological polar surface area (TPSA) is 67.4 Å². The molecular formula is C22H19ClN2O3. The number of nitrogens with one attached hydrogen (secondary N) is 2. The third-order valence-electron chi connectivity index (χ3n) is 3.92. The molecular weight excluding hydrogens is 376 g/mol. The fourth-order valence-electron chi connectivity index (χ4n) is 2.58. The van der Waals surface area contributed by atoms with Gasteiger partial charge in [0.2, 0.25) is 0 Å². The van der Waals surface area contributed by atoms with E-state index in [1.165, 1.54) is 0 Å². The van der Waals surface area contributed by atoms with Crippen LogP contribution in [0, 0.1) is 0 Å². The highest BCUT2D eigenvalue weighted by molar-refractivity contribution is 6.34. The fourth-order valence-corrected chi connectivity index (χ4v) is 2.80. The smallest absolute Gasteiger partial charge is 0.255 e. The lowest BCUT2D eigenvalue weighted by atomic mass is 10.2. The summed E-state index contributed by atoms with van der Waals surface area (Å²) in [7, 11) is 0. The van der Waals surface area contributed by atoms with E-state index in [1.807, 2.05) is 13.0 Å². The molecule has 0 unspecified atom stereocenters. The summed E-state index contributed by atoms with van der Waals surface area (Å²) < 4.78 is 5.41. The van der Waals surface area contributed by atoms with Gasteiger partial charge in [-0.25, -0.2) is 0 Å². The minimum absolute atomic E-state index is 0.257. The lowest BCUT2D eigenvalue weighted by Crippen LogP contribution is -2.13. The number of ether oxygens (including phenoxy) is 1. The van der Waals surface area contributed by atoms with E-state index in [0.717, 1.165) is 0 Å². The van der Waals surface area contributed by atoms with Crippen LogP contribution in [0.3, 0.4) is 0 Å². The Labute approximate surface area is 168 Å². The van der Waals surface area contributed by atoms with Crippen molar-refractivity contribution in [2.24, 2.45) is 0 Å². The second kappa shape index (κ2) is 9.06. The van der Waals surface area contributed by atoms with Crippen LogP contribution < -0.4 is 15.4 Å². The number of halogens is 1. The highest BCUT2D eigenvalue weighted by atomic mass is 35.5. The van der Waals surface area contributed by atoms with Crippen LogP contribution in [0.1, 0.15) is 27.6 Å². The van der Waals surface area contributed by atoms with Crippen molar-refractivity contribution in [2.45, 2.75) is 6.92 Å². The molecule has 0 saturated carbocycles. The molecule has 2 N–H and O–H groups in total. The number of benzene rings is 3. The van der Waals surface area contributed by atoms with Crippen molar-refractivity contribution in [1.82, 2.24) is 0 Å². The van der Waals surface area contributed by atoms with Gasteiger partial charge >= 0.3 is 0 Å². The van der Waals surface area contributed by atoms with E-state index in [2.05, 4.69) is 10.6 Å². The molecule has 0 bridgehead atoms. The zero-order chi connectivity index (χ0) is 19.9. The first-order chi connectivity index (χ1) is 13.6. The molecule has 0 radical (unpaired) electrons. The fraction of sp³-hybridized carbons (Fsp3) is 0.0909. The molecule has 0 aliphatic rings. The van der Waals surface area contributed by atoms with Crippen LogP contribution in [-0.4, -0.2) is 18.4 Å². The Hall–Kier alpha value is -3.31. The third kappa shape index (κ3) is 4.90. The Bertz CT molecular complexity index is 990. The Kier molecular flexibility index (Phi) is 6.29. The molecule has 0 aliphatic heterocycles. The second-order valence-corrected chi connectivity index (χ2v) is 6.34. The van der Waals surface area contributed by atoms with Gasteiger partial charge in [-0.2, -0.15) is 0 Å². The molecule has 142 valence electrons. The van der Waals surface area contributed by atoms with Crippen LogP contribution >= 0.6 is 11.6 Å². The summed E-state index contributed by atoms with van der Waals surface area (Å²) in [6.45, 7) is 2.41. The van der Waals surface area contributed by atoms with E-state index in [1.54, 1.807) is 66.7 Å². The molecule has 3 aromatic carbocycles. The summed E-state index contributed by atoms with van der Waals surface area (Å²) in [6, 6.07) is 20.7.